The first-order valence-corrected chi connectivity index (χ1v) is 3.11. The Morgan fingerprint density at radius 1 is 1.60 bits per heavy atom. The fraction of sp³-hybridized carbons (Fsp3) is 0.714. The topological polar surface area (TPSA) is 43.4 Å². The normalized spacial score (nSPS) is 10.7. The molecule has 0 saturated heterocycles. The molecule has 0 heterocycles. The van der Waals surface area contributed by atoms with Gasteiger partial charge in [-0.15, -0.1) is 0 Å². The third-order valence-corrected chi connectivity index (χ3v) is 0.995. The molecule has 58 valence electrons. The molecule has 0 aromatic heterocycles. The van der Waals surface area contributed by atoms with Crippen LogP contribution in [0.5, 0.6) is 0 Å². The summed E-state index contributed by atoms with van der Waals surface area (Å²) in [6.45, 7) is 4.72. The molecular formula is C7H12O3. The first-order valence-electron chi connectivity index (χ1n) is 3.11. The number of esters is 1. The average Bonchev–Trinajstić information content (AvgIpc) is 1.59. The molecule has 0 amide bonds. The number of carbonyl (C=O) groups excluding carboxylic acids is 2. The van der Waals surface area contributed by atoms with E-state index in [2.05, 4.69) is 0 Å². The Morgan fingerprint density at radius 3 is 2.40 bits per heavy atom. The predicted octanol–water partition coefficient (Wildman–Crippen LogP) is 0.917. The van der Waals surface area contributed by atoms with Crippen molar-refractivity contribution < 1.29 is 14.3 Å². The highest BCUT2D eigenvalue weighted by atomic mass is 16.6. The molecule has 0 bridgehead atoms. The Bertz CT molecular complexity index is 138. The highest BCUT2D eigenvalue weighted by Gasteiger charge is 2.19. The number of hydrogen-bond donors (Lipinski definition) is 0. The summed E-state index contributed by atoms with van der Waals surface area (Å²) < 4.78 is 4.81. The smallest absolute Gasteiger partial charge is 0.303 e. The van der Waals surface area contributed by atoms with Gasteiger partial charge in [-0.25, -0.2) is 0 Å². The zero-order chi connectivity index (χ0) is 8.20. The molecule has 0 aromatic rings. The molecule has 0 rings (SSSR count). The van der Waals surface area contributed by atoms with Crippen molar-refractivity contribution in [3.63, 3.8) is 0 Å². The van der Waals surface area contributed by atoms with Gasteiger partial charge in [0.2, 0.25) is 0 Å². The molecule has 3 nitrogen and oxygen atoms in total. The van der Waals surface area contributed by atoms with E-state index in [4.69, 9.17) is 4.74 Å². The number of ether oxygens (including phenoxy) is 1. The van der Waals surface area contributed by atoms with Gasteiger partial charge in [-0.1, -0.05) is 0 Å². The second kappa shape index (κ2) is 3.34. The van der Waals surface area contributed by atoms with Crippen LogP contribution in [0.4, 0.5) is 0 Å². The highest BCUT2D eigenvalue weighted by molar-refractivity contribution is 5.67. The van der Waals surface area contributed by atoms with Crippen LogP contribution in [0.15, 0.2) is 0 Å². The first kappa shape index (κ1) is 9.14. The van der Waals surface area contributed by atoms with Crippen LogP contribution in [0.25, 0.3) is 0 Å². The van der Waals surface area contributed by atoms with Crippen LogP contribution < -0.4 is 0 Å². The van der Waals surface area contributed by atoms with Crippen LogP contribution in [0.2, 0.25) is 0 Å². The van der Waals surface area contributed by atoms with Crippen LogP contribution >= 0.6 is 0 Å². The summed E-state index contributed by atoms with van der Waals surface area (Å²) in [6.07, 6.45) is 0.982. The van der Waals surface area contributed by atoms with Gasteiger partial charge in [-0.2, -0.15) is 0 Å². The van der Waals surface area contributed by atoms with E-state index in [0.29, 0.717) is 0 Å². The van der Waals surface area contributed by atoms with Crippen molar-refractivity contribution in [2.45, 2.75) is 32.8 Å². The fourth-order valence-electron chi connectivity index (χ4n) is 0.631. The van der Waals surface area contributed by atoms with E-state index in [1.807, 2.05) is 0 Å². The van der Waals surface area contributed by atoms with E-state index in [1.54, 1.807) is 13.8 Å². The third kappa shape index (κ3) is 4.06. The van der Waals surface area contributed by atoms with Crippen molar-refractivity contribution in [3.8, 4) is 0 Å². The molecule has 10 heavy (non-hydrogen) atoms. The monoisotopic (exact) mass is 144 g/mol. The summed E-state index contributed by atoms with van der Waals surface area (Å²) in [5.74, 6) is -0.355. The average molecular weight is 144 g/mol. The second-order valence-electron chi connectivity index (χ2n) is 2.72. The van der Waals surface area contributed by atoms with Crippen LogP contribution in [0, 0.1) is 0 Å². The number of carbonyl (C=O) groups is 2. The van der Waals surface area contributed by atoms with Gasteiger partial charge in [0.05, 0.1) is 0 Å². The lowest BCUT2D eigenvalue weighted by Crippen LogP contribution is -2.27. The Labute approximate surface area is 60.4 Å². The minimum absolute atomic E-state index is 0.243. The van der Waals surface area contributed by atoms with Crippen LogP contribution in [0.3, 0.4) is 0 Å². The summed E-state index contributed by atoms with van der Waals surface area (Å²) in [6, 6.07) is 0. The van der Waals surface area contributed by atoms with Crippen LogP contribution in [0.1, 0.15) is 27.2 Å². The van der Waals surface area contributed by atoms with Gasteiger partial charge in [0, 0.05) is 13.3 Å². The zero-order valence-electron chi connectivity index (χ0n) is 6.51. The Hall–Kier alpha value is -0.860. The van der Waals surface area contributed by atoms with Gasteiger partial charge in [0.15, 0.2) is 0 Å². The number of hydrogen-bond acceptors (Lipinski definition) is 3. The van der Waals surface area contributed by atoms with Crippen molar-refractivity contribution in [1.82, 2.24) is 0 Å². The number of rotatable bonds is 3. The summed E-state index contributed by atoms with van der Waals surface area (Å²) in [5, 5.41) is 0. The van der Waals surface area contributed by atoms with E-state index in [9.17, 15) is 9.59 Å². The molecular weight excluding hydrogens is 132 g/mol. The van der Waals surface area contributed by atoms with E-state index >= 15 is 0 Å². The largest absolute Gasteiger partial charge is 0.459 e. The molecule has 0 aliphatic carbocycles. The van der Waals surface area contributed by atoms with Crippen molar-refractivity contribution in [2.24, 2.45) is 0 Å². The van der Waals surface area contributed by atoms with Crippen LogP contribution in [-0.4, -0.2) is 17.9 Å². The lowest BCUT2D eigenvalue weighted by atomic mass is 10.1. The molecule has 0 atom stereocenters. The molecule has 0 spiro atoms. The third-order valence-electron chi connectivity index (χ3n) is 0.995. The Balaban J connectivity index is 3.85. The van der Waals surface area contributed by atoms with Gasteiger partial charge in [-0.3, -0.25) is 4.79 Å². The van der Waals surface area contributed by atoms with E-state index in [-0.39, 0.29) is 12.4 Å². The Morgan fingerprint density at radius 2 is 2.10 bits per heavy atom. The minimum atomic E-state index is -0.645. The van der Waals surface area contributed by atoms with Gasteiger partial charge in [0.1, 0.15) is 11.9 Å². The van der Waals surface area contributed by atoms with Crippen LogP contribution in [-0.2, 0) is 14.3 Å². The molecule has 0 saturated carbocycles. The Kier molecular flexibility index (Phi) is 3.06. The van der Waals surface area contributed by atoms with Gasteiger partial charge >= 0.3 is 5.97 Å². The summed E-state index contributed by atoms with van der Waals surface area (Å²) in [4.78, 5) is 20.4. The van der Waals surface area contributed by atoms with Crippen molar-refractivity contribution >= 4 is 12.3 Å². The van der Waals surface area contributed by atoms with E-state index in [0.717, 1.165) is 6.29 Å². The molecule has 0 aromatic carbocycles. The maximum atomic E-state index is 10.4. The highest BCUT2D eigenvalue weighted by Crippen LogP contribution is 2.11. The molecule has 0 radical (unpaired) electrons. The predicted molar refractivity (Wildman–Crippen MR) is 36.5 cm³/mol. The van der Waals surface area contributed by atoms with Gasteiger partial charge < -0.3 is 9.53 Å². The van der Waals surface area contributed by atoms with Crippen molar-refractivity contribution in [3.05, 3.63) is 0 Å². The quantitative estimate of drug-likeness (QED) is 0.437. The maximum absolute atomic E-state index is 10.4. The SMILES string of the molecule is CC(=O)OC(C)(C)CC=O. The molecule has 0 aliphatic heterocycles. The molecule has 0 aliphatic rings. The molecule has 3 heteroatoms. The second-order valence-corrected chi connectivity index (χ2v) is 2.72. The molecule has 0 N–H and O–H groups in total. The zero-order valence-corrected chi connectivity index (χ0v) is 6.51. The lowest BCUT2D eigenvalue weighted by Gasteiger charge is -2.21. The standard InChI is InChI=1S/C7H12O3/c1-6(9)10-7(2,3)4-5-8/h5H,4H2,1-3H3. The summed E-state index contributed by atoms with van der Waals surface area (Å²) in [7, 11) is 0. The number of aldehydes is 1. The first-order chi connectivity index (χ1) is 4.48. The van der Waals surface area contributed by atoms with Crippen molar-refractivity contribution in [1.29, 1.82) is 0 Å². The molecule has 0 unspecified atom stereocenters. The van der Waals surface area contributed by atoms with Gasteiger partial charge in [-0.05, 0) is 13.8 Å². The fourth-order valence-corrected chi connectivity index (χ4v) is 0.631. The van der Waals surface area contributed by atoms with E-state index in [1.165, 1.54) is 6.92 Å². The lowest BCUT2D eigenvalue weighted by molar-refractivity contribution is -0.154. The van der Waals surface area contributed by atoms with Crippen molar-refractivity contribution in [2.75, 3.05) is 0 Å². The van der Waals surface area contributed by atoms with Gasteiger partial charge in [0.25, 0.3) is 0 Å². The van der Waals surface area contributed by atoms with E-state index < -0.39 is 5.60 Å². The summed E-state index contributed by atoms with van der Waals surface area (Å²) in [5.41, 5.74) is -0.645. The summed E-state index contributed by atoms with van der Waals surface area (Å²) >= 11 is 0. The molecule has 0 fully saturated rings. The minimum Gasteiger partial charge on any atom is -0.459 e. The maximum Gasteiger partial charge on any atom is 0.303 e.